The number of carbonyl (C=O) groups is 2. The first-order valence-electron chi connectivity index (χ1n) is 8.05. The van der Waals surface area contributed by atoms with E-state index in [0.717, 1.165) is 11.3 Å². The quantitative estimate of drug-likeness (QED) is 0.742. The molecule has 0 bridgehead atoms. The molecule has 2 aromatic rings. The number of aliphatic imine (C=N–C) groups is 1. The number of amides is 1. The summed E-state index contributed by atoms with van der Waals surface area (Å²) in [6.07, 6.45) is 1.74. The van der Waals surface area contributed by atoms with E-state index in [9.17, 15) is 9.59 Å². The molecule has 3 rings (SSSR count). The van der Waals surface area contributed by atoms with Crippen LogP contribution in [0.5, 0.6) is 5.75 Å². The van der Waals surface area contributed by atoms with Crippen LogP contribution in [0.3, 0.4) is 0 Å². The van der Waals surface area contributed by atoms with Gasteiger partial charge in [-0.1, -0.05) is 12.1 Å². The molecule has 0 unspecified atom stereocenters. The topological polar surface area (TPSA) is 92.1 Å². The van der Waals surface area contributed by atoms with Crippen LogP contribution in [0.2, 0.25) is 0 Å². The smallest absolute Gasteiger partial charge is 0.306 e. The fourth-order valence-electron chi connectivity index (χ4n) is 2.19. The molecule has 27 heavy (non-hydrogen) atoms. The Balaban J connectivity index is 1.70. The van der Waals surface area contributed by atoms with Crippen molar-refractivity contribution in [3.05, 3.63) is 45.8 Å². The highest BCUT2D eigenvalue weighted by Gasteiger charge is 2.30. The highest BCUT2D eigenvalue weighted by molar-refractivity contribution is 8.18. The maximum Gasteiger partial charge on any atom is 0.306 e. The van der Waals surface area contributed by atoms with Gasteiger partial charge in [0.25, 0.3) is 5.91 Å². The molecule has 1 amide bonds. The number of hydrogen-bond acceptors (Lipinski definition) is 7. The molecule has 0 saturated carbocycles. The molecule has 0 radical (unpaired) electrons. The van der Waals surface area contributed by atoms with E-state index in [1.54, 1.807) is 25.3 Å². The summed E-state index contributed by atoms with van der Waals surface area (Å²) >= 11 is 2.74. The predicted molar refractivity (Wildman–Crippen MR) is 106 cm³/mol. The molecular formula is C18H17N3O4S2. The number of likely N-dealkylation sites (N-methyl/N-ethyl adjacent to an activating group) is 1. The standard InChI is InChI=1S/C18H17N3O4S2/c1-11-10-26-17(19-11)20-18-21(2)16(24)14(27-18)9-12-3-5-13(6-4-12)25-8-7-15(22)23/h3-6,9-10H,7-8H2,1-2H3,(H,22,23)/b14-9+,20-18+. The molecule has 1 aliphatic rings. The van der Waals surface area contributed by atoms with Crippen LogP contribution >= 0.6 is 23.1 Å². The number of ether oxygens (including phenoxy) is 1. The van der Waals surface area contributed by atoms with E-state index in [1.165, 1.54) is 28.0 Å². The van der Waals surface area contributed by atoms with Gasteiger partial charge in [0.1, 0.15) is 5.75 Å². The Labute approximate surface area is 164 Å². The molecule has 1 saturated heterocycles. The van der Waals surface area contributed by atoms with Crippen molar-refractivity contribution in [2.24, 2.45) is 4.99 Å². The average molecular weight is 403 g/mol. The number of carbonyl (C=O) groups excluding carboxylic acids is 1. The van der Waals surface area contributed by atoms with Gasteiger partial charge in [-0.3, -0.25) is 14.5 Å². The van der Waals surface area contributed by atoms with E-state index in [4.69, 9.17) is 9.84 Å². The van der Waals surface area contributed by atoms with Crippen molar-refractivity contribution < 1.29 is 19.4 Å². The number of carboxylic acid groups (broad SMARTS) is 1. The number of hydrogen-bond donors (Lipinski definition) is 1. The van der Waals surface area contributed by atoms with Crippen LogP contribution < -0.4 is 4.74 Å². The summed E-state index contributed by atoms with van der Waals surface area (Å²) in [5.74, 6) is -0.432. The Bertz CT molecular complexity index is 919. The van der Waals surface area contributed by atoms with Gasteiger partial charge in [0.05, 0.1) is 23.6 Å². The summed E-state index contributed by atoms with van der Waals surface area (Å²) in [5.41, 5.74) is 1.74. The molecule has 1 aromatic heterocycles. The van der Waals surface area contributed by atoms with Crippen LogP contribution in [0, 0.1) is 6.92 Å². The minimum absolute atomic E-state index is 0.0516. The summed E-state index contributed by atoms with van der Waals surface area (Å²) in [7, 11) is 1.69. The second kappa shape index (κ2) is 8.36. The Morgan fingerprint density at radius 2 is 2.11 bits per heavy atom. The molecule has 1 aliphatic heterocycles. The largest absolute Gasteiger partial charge is 0.493 e. The second-order valence-electron chi connectivity index (χ2n) is 5.70. The lowest BCUT2D eigenvalue weighted by Crippen LogP contribution is -2.23. The Morgan fingerprint density at radius 3 is 2.74 bits per heavy atom. The fourth-order valence-corrected chi connectivity index (χ4v) is 3.88. The molecule has 1 fully saturated rings. The number of aromatic nitrogens is 1. The van der Waals surface area contributed by atoms with Gasteiger partial charge in [0.15, 0.2) is 5.17 Å². The SMILES string of the molecule is Cc1csc(/N=C2/S/C(=C/c3ccc(OCCC(=O)O)cc3)C(=O)N2C)n1. The predicted octanol–water partition coefficient (Wildman–Crippen LogP) is 3.54. The van der Waals surface area contributed by atoms with Crippen LogP contribution in [-0.2, 0) is 9.59 Å². The third kappa shape index (κ3) is 4.95. The van der Waals surface area contributed by atoms with Gasteiger partial charge in [-0.15, -0.1) is 11.3 Å². The van der Waals surface area contributed by atoms with Crippen molar-refractivity contribution in [2.75, 3.05) is 13.7 Å². The summed E-state index contributed by atoms with van der Waals surface area (Å²) in [5, 5.41) is 11.7. The number of nitrogens with zero attached hydrogens (tertiary/aromatic N) is 3. The van der Waals surface area contributed by atoms with Crippen molar-refractivity contribution in [1.82, 2.24) is 9.88 Å². The van der Waals surface area contributed by atoms with E-state index < -0.39 is 5.97 Å². The van der Waals surface area contributed by atoms with E-state index in [0.29, 0.717) is 21.0 Å². The zero-order chi connectivity index (χ0) is 19.4. The van der Waals surface area contributed by atoms with Crippen LogP contribution in [0.1, 0.15) is 17.7 Å². The summed E-state index contributed by atoms with van der Waals surface area (Å²) in [6.45, 7) is 2.02. The molecule has 1 N–H and O–H groups in total. The monoisotopic (exact) mass is 403 g/mol. The number of benzene rings is 1. The minimum Gasteiger partial charge on any atom is -0.493 e. The van der Waals surface area contributed by atoms with Crippen LogP contribution in [-0.4, -0.2) is 45.7 Å². The summed E-state index contributed by atoms with van der Waals surface area (Å²) in [4.78, 5) is 33.8. The lowest BCUT2D eigenvalue weighted by Gasteiger charge is -2.06. The first-order chi connectivity index (χ1) is 12.9. The number of aliphatic carboxylic acids is 1. The van der Waals surface area contributed by atoms with E-state index in [1.807, 2.05) is 24.4 Å². The van der Waals surface area contributed by atoms with Gasteiger partial charge in [-0.2, -0.15) is 4.99 Å². The number of carboxylic acids is 1. The molecule has 0 atom stereocenters. The zero-order valence-corrected chi connectivity index (χ0v) is 16.3. The molecule has 0 spiro atoms. The van der Waals surface area contributed by atoms with Crippen molar-refractivity contribution >= 4 is 51.4 Å². The van der Waals surface area contributed by atoms with Crippen LogP contribution in [0.15, 0.2) is 39.5 Å². The van der Waals surface area contributed by atoms with Crippen molar-refractivity contribution in [3.8, 4) is 5.75 Å². The van der Waals surface area contributed by atoms with Crippen molar-refractivity contribution in [2.45, 2.75) is 13.3 Å². The maximum atomic E-state index is 12.4. The van der Waals surface area contributed by atoms with E-state index >= 15 is 0 Å². The lowest BCUT2D eigenvalue weighted by molar-refractivity contribution is -0.137. The fraction of sp³-hybridized carbons (Fsp3) is 0.222. The maximum absolute atomic E-state index is 12.4. The summed E-state index contributed by atoms with van der Waals surface area (Å²) in [6, 6.07) is 7.12. The van der Waals surface area contributed by atoms with E-state index in [2.05, 4.69) is 9.98 Å². The first kappa shape index (κ1) is 19.1. The van der Waals surface area contributed by atoms with Gasteiger partial charge in [-0.25, -0.2) is 4.98 Å². The molecule has 7 nitrogen and oxygen atoms in total. The minimum atomic E-state index is -0.900. The van der Waals surface area contributed by atoms with Crippen molar-refractivity contribution in [3.63, 3.8) is 0 Å². The molecule has 2 heterocycles. The van der Waals surface area contributed by atoms with Crippen LogP contribution in [0.25, 0.3) is 6.08 Å². The Hall–Kier alpha value is -2.65. The highest BCUT2D eigenvalue weighted by atomic mass is 32.2. The van der Waals surface area contributed by atoms with Gasteiger partial charge in [-0.05, 0) is 42.5 Å². The van der Waals surface area contributed by atoms with Crippen molar-refractivity contribution in [1.29, 1.82) is 0 Å². The third-order valence-electron chi connectivity index (χ3n) is 3.56. The van der Waals surface area contributed by atoms with Crippen LogP contribution in [0.4, 0.5) is 5.13 Å². The first-order valence-corrected chi connectivity index (χ1v) is 9.75. The molecule has 140 valence electrons. The molecule has 0 aliphatic carbocycles. The Kier molecular flexibility index (Phi) is 5.92. The van der Waals surface area contributed by atoms with Gasteiger partial charge >= 0.3 is 5.97 Å². The van der Waals surface area contributed by atoms with Gasteiger partial charge in [0, 0.05) is 12.4 Å². The number of thiazole rings is 1. The lowest BCUT2D eigenvalue weighted by atomic mass is 10.2. The molecular weight excluding hydrogens is 386 g/mol. The van der Waals surface area contributed by atoms with E-state index in [-0.39, 0.29) is 18.9 Å². The molecule has 1 aromatic carbocycles. The normalized spacial score (nSPS) is 17.1. The van der Waals surface area contributed by atoms with Gasteiger partial charge < -0.3 is 9.84 Å². The highest BCUT2D eigenvalue weighted by Crippen LogP contribution is 2.33. The molecule has 9 heteroatoms. The average Bonchev–Trinajstić information content (AvgIpc) is 3.15. The Morgan fingerprint density at radius 1 is 1.37 bits per heavy atom. The number of amidine groups is 1. The summed E-state index contributed by atoms with van der Waals surface area (Å²) < 4.78 is 5.36. The number of rotatable bonds is 6. The third-order valence-corrected chi connectivity index (χ3v) is 5.48. The zero-order valence-electron chi connectivity index (χ0n) is 14.7. The number of thioether (sulfide) groups is 1. The number of aryl methyl sites for hydroxylation is 1. The van der Waals surface area contributed by atoms with Gasteiger partial charge in [0.2, 0.25) is 5.13 Å². The second-order valence-corrected chi connectivity index (χ2v) is 7.55.